The zero-order chi connectivity index (χ0) is 23.6. The molecule has 3 heterocycles. The average Bonchev–Trinajstić information content (AvgIpc) is 3.50. The molecule has 0 saturated heterocycles. The number of para-hydroxylation sites is 1. The maximum Gasteiger partial charge on any atom is 0.235 e. The molecule has 0 spiro atoms. The molecule has 1 aliphatic carbocycles. The van der Waals surface area contributed by atoms with E-state index in [-0.39, 0.29) is 11.7 Å². The van der Waals surface area contributed by atoms with Crippen LogP contribution in [0.2, 0.25) is 0 Å². The molecule has 0 bridgehead atoms. The Kier molecular flexibility index (Phi) is 6.06. The van der Waals surface area contributed by atoms with Gasteiger partial charge in [-0.05, 0) is 43.4 Å². The minimum Gasteiger partial charge on any atom is -0.310 e. The summed E-state index contributed by atoms with van der Waals surface area (Å²) in [4.78, 5) is 24.6. The monoisotopic (exact) mass is 497 g/mol. The number of carbonyl (C=O) groups excluding carboxylic acids is 1. The van der Waals surface area contributed by atoms with E-state index in [0.29, 0.717) is 5.82 Å². The summed E-state index contributed by atoms with van der Waals surface area (Å²) in [6.45, 7) is 0. The summed E-state index contributed by atoms with van der Waals surface area (Å²) in [6.07, 6.45) is 6.24. The van der Waals surface area contributed by atoms with Crippen molar-refractivity contribution in [1.82, 2.24) is 19.7 Å². The van der Waals surface area contributed by atoms with E-state index in [4.69, 9.17) is 5.10 Å². The molecule has 1 N–H and O–H groups in total. The second kappa shape index (κ2) is 9.64. The highest BCUT2D eigenvalue weighted by Crippen LogP contribution is 2.39. The third-order valence-corrected chi connectivity index (χ3v) is 8.29. The number of aryl methyl sites for hydroxylation is 2. The highest BCUT2D eigenvalue weighted by atomic mass is 32.2. The van der Waals surface area contributed by atoms with E-state index < -0.39 is 0 Å². The van der Waals surface area contributed by atoms with Crippen molar-refractivity contribution < 1.29 is 4.79 Å². The Labute approximate surface area is 211 Å². The van der Waals surface area contributed by atoms with Crippen molar-refractivity contribution in [2.45, 2.75) is 30.7 Å². The van der Waals surface area contributed by atoms with Crippen molar-refractivity contribution in [1.29, 1.82) is 0 Å². The number of hydrogen-bond acceptors (Lipinski definition) is 6. The minimum atomic E-state index is -0.0949. The van der Waals surface area contributed by atoms with Crippen LogP contribution in [0.3, 0.4) is 0 Å². The molecular weight excluding hydrogens is 474 g/mol. The van der Waals surface area contributed by atoms with Gasteiger partial charge < -0.3 is 5.32 Å². The van der Waals surface area contributed by atoms with Crippen molar-refractivity contribution in [3.05, 3.63) is 83.5 Å². The summed E-state index contributed by atoms with van der Waals surface area (Å²) in [5, 5.41) is 9.89. The summed E-state index contributed by atoms with van der Waals surface area (Å²) in [7, 11) is 0. The number of fused-ring (bicyclic) bond motifs is 3. The molecule has 1 amide bonds. The Hall–Kier alpha value is -3.49. The van der Waals surface area contributed by atoms with Gasteiger partial charge in [0, 0.05) is 21.9 Å². The van der Waals surface area contributed by atoms with E-state index in [2.05, 4.69) is 15.3 Å². The molecule has 8 heteroatoms. The first kappa shape index (κ1) is 22.0. The van der Waals surface area contributed by atoms with E-state index in [1.165, 1.54) is 35.0 Å². The van der Waals surface area contributed by atoms with Gasteiger partial charge in [-0.25, -0.2) is 14.6 Å². The number of aromatic nitrogens is 4. The number of anilines is 1. The fourth-order valence-electron chi connectivity index (χ4n) is 4.47. The van der Waals surface area contributed by atoms with E-state index in [9.17, 15) is 4.79 Å². The first-order valence-electron chi connectivity index (χ1n) is 11.6. The Bertz CT molecular complexity index is 1490. The van der Waals surface area contributed by atoms with Crippen LogP contribution >= 0.6 is 23.1 Å². The molecule has 5 aromatic rings. The second-order valence-electron chi connectivity index (χ2n) is 8.43. The zero-order valence-corrected chi connectivity index (χ0v) is 20.6. The summed E-state index contributed by atoms with van der Waals surface area (Å²) in [5.74, 6) is 0.807. The highest BCUT2D eigenvalue weighted by Gasteiger charge is 2.21. The summed E-state index contributed by atoms with van der Waals surface area (Å²) >= 11 is 3.25. The van der Waals surface area contributed by atoms with Gasteiger partial charge >= 0.3 is 0 Å². The number of thioether (sulfide) groups is 1. The predicted octanol–water partition coefficient (Wildman–Crippen LogP) is 6.15. The van der Waals surface area contributed by atoms with E-state index in [1.54, 1.807) is 22.3 Å². The lowest BCUT2D eigenvalue weighted by Crippen LogP contribution is -2.17. The lowest BCUT2D eigenvalue weighted by Gasteiger charge is -2.11. The highest BCUT2D eigenvalue weighted by molar-refractivity contribution is 8.00. The maximum absolute atomic E-state index is 13.1. The number of thiophene rings is 1. The molecule has 174 valence electrons. The summed E-state index contributed by atoms with van der Waals surface area (Å²) in [6, 6.07) is 21.7. The van der Waals surface area contributed by atoms with E-state index in [1.807, 2.05) is 66.7 Å². The van der Waals surface area contributed by atoms with Gasteiger partial charge in [-0.1, -0.05) is 60.3 Å². The molecule has 0 aliphatic heterocycles. The number of rotatable bonds is 6. The predicted molar refractivity (Wildman–Crippen MR) is 142 cm³/mol. The van der Waals surface area contributed by atoms with E-state index >= 15 is 0 Å². The minimum absolute atomic E-state index is 0.0949. The average molecular weight is 498 g/mol. The molecule has 6 nitrogen and oxygen atoms in total. The molecule has 0 atom stereocenters. The maximum atomic E-state index is 13.1. The SMILES string of the molecule is O=C(CSc1ncnc2sc3c(c12)CCCC3)Nc1cc(-c2ccccc2)nn1-c1ccccc1. The smallest absolute Gasteiger partial charge is 0.235 e. The van der Waals surface area contributed by atoms with Gasteiger partial charge in [-0.15, -0.1) is 11.3 Å². The van der Waals surface area contributed by atoms with Gasteiger partial charge in [0.15, 0.2) is 0 Å². The van der Waals surface area contributed by atoms with Crippen LogP contribution in [0.4, 0.5) is 5.82 Å². The first-order chi connectivity index (χ1) is 17.3. The summed E-state index contributed by atoms with van der Waals surface area (Å²) in [5.41, 5.74) is 4.08. The Morgan fingerprint density at radius 2 is 1.77 bits per heavy atom. The number of carbonyl (C=O) groups is 1. The molecule has 6 rings (SSSR count). The number of benzene rings is 2. The third kappa shape index (κ3) is 4.47. The first-order valence-corrected chi connectivity index (χ1v) is 13.5. The molecule has 0 unspecified atom stereocenters. The third-order valence-electron chi connectivity index (χ3n) is 6.10. The molecule has 0 fully saturated rings. The molecular formula is C27H23N5OS2. The fourth-order valence-corrected chi connectivity index (χ4v) is 6.59. The number of nitrogens with one attached hydrogen (secondary N) is 1. The number of hydrogen-bond donors (Lipinski definition) is 1. The Balaban J connectivity index is 1.25. The van der Waals surface area contributed by atoms with Crippen molar-refractivity contribution in [2.75, 3.05) is 11.1 Å². The van der Waals surface area contributed by atoms with Crippen LogP contribution in [-0.2, 0) is 17.6 Å². The van der Waals surface area contributed by atoms with Gasteiger partial charge in [0.25, 0.3) is 0 Å². The van der Waals surface area contributed by atoms with Gasteiger partial charge in [0.1, 0.15) is 22.0 Å². The second-order valence-corrected chi connectivity index (χ2v) is 10.5. The molecule has 0 radical (unpaired) electrons. The zero-order valence-electron chi connectivity index (χ0n) is 19.0. The summed E-state index contributed by atoms with van der Waals surface area (Å²) < 4.78 is 1.78. The van der Waals surface area contributed by atoms with Gasteiger partial charge in [-0.3, -0.25) is 4.79 Å². The lowest BCUT2D eigenvalue weighted by atomic mass is 9.97. The standard InChI is InChI=1S/C27H23N5OS2/c33-24(16-34-26-25-20-13-7-8-14-22(20)35-27(25)29-17-28-26)30-23-15-21(18-9-3-1-4-10-18)31-32(23)19-11-5-2-6-12-19/h1-6,9-12,15,17H,7-8,13-14,16H2,(H,30,33). The van der Waals surface area contributed by atoms with Crippen LogP contribution in [0.1, 0.15) is 23.3 Å². The van der Waals surface area contributed by atoms with Crippen LogP contribution < -0.4 is 5.32 Å². The topological polar surface area (TPSA) is 72.7 Å². The van der Waals surface area contributed by atoms with Gasteiger partial charge in [0.2, 0.25) is 5.91 Å². The van der Waals surface area contributed by atoms with Crippen LogP contribution in [-0.4, -0.2) is 31.4 Å². The number of nitrogens with zero attached hydrogens (tertiary/aromatic N) is 4. The molecule has 0 saturated carbocycles. The van der Waals surface area contributed by atoms with Crippen LogP contribution in [0, 0.1) is 0 Å². The van der Waals surface area contributed by atoms with Crippen molar-refractivity contribution in [3.8, 4) is 16.9 Å². The molecule has 2 aromatic carbocycles. The quantitative estimate of drug-likeness (QED) is 0.225. The van der Waals surface area contributed by atoms with Crippen LogP contribution in [0.15, 0.2) is 78.1 Å². The Morgan fingerprint density at radius 3 is 2.60 bits per heavy atom. The van der Waals surface area contributed by atoms with E-state index in [0.717, 1.165) is 45.0 Å². The van der Waals surface area contributed by atoms with Crippen LogP contribution in [0.5, 0.6) is 0 Å². The van der Waals surface area contributed by atoms with Crippen LogP contribution in [0.25, 0.3) is 27.2 Å². The molecule has 1 aliphatic rings. The van der Waals surface area contributed by atoms with Crippen molar-refractivity contribution in [3.63, 3.8) is 0 Å². The molecule has 35 heavy (non-hydrogen) atoms. The van der Waals surface area contributed by atoms with Crippen molar-refractivity contribution >= 4 is 45.0 Å². The Morgan fingerprint density at radius 1 is 1.00 bits per heavy atom. The van der Waals surface area contributed by atoms with Crippen molar-refractivity contribution in [2.24, 2.45) is 0 Å². The van der Waals surface area contributed by atoms with Gasteiger partial charge in [0.05, 0.1) is 17.1 Å². The number of amides is 1. The lowest BCUT2D eigenvalue weighted by molar-refractivity contribution is -0.113. The fraction of sp³-hybridized carbons (Fsp3) is 0.185. The van der Waals surface area contributed by atoms with Gasteiger partial charge in [-0.2, -0.15) is 5.10 Å². The normalized spacial score (nSPS) is 13.0. The molecule has 3 aromatic heterocycles. The largest absolute Gasteiger partial charge is 0.310 e.